The van der Waals surface area contributed by atoms with Gasteiger partial charge in [-0.15, -0.1) is 0 Å². The lowest BCUT2D eigenvalue weighted by Crippen LogP contribution is -2.47. The summed E-state index contributed by atoms with van der Waals surface area (Å²) in [7, 11) is -3.75. The Morgan fingerprint density at radius 1 is 1.32 bits per heavy atom. The first kappa shape index (κ1) is 16.8. The van der Waals surface area contributed by atoms with E-state index in [9.17, 15) is 13.2 Å². The van der Waals surface area contributed by atoms with Gasteiger partial charge in [-0.05, 0) is 44.7 Å². The number of aryl methyl sites for hydroxylation is 1. The van der Waals surface area contributed by atoms with Crippen molar-refractivity contribution in [2.45, 2.75) is 43.5 Å². The third kappa shape index (κ3) is 4.20. The number of hydrogen-bond donors (Lipinski definition) is 1. The molecule has 0 aromatic heterocycles. The summed E-state index contributed by atoms with van der Waals surface area (Å²) >= 11 is 0. The zero-order valence-electron chi connectivity index (χ0n) is 12.7. The van der Waals surface area contributed by atoms with Crippen LogP contribution in [0.5, 0.6) is 0 Å². The molecule has 0 aliphatic carbocycles. The number of nitrogens with two attached hydrogens (primary N) is 1. The van der Waals surface area contributed by atoms with Gasteiger partial charge in [-0.25, -0.2) is 4.79 Å². The molecular formula is C15H22N2O4S. The van der Waals surface area contributed by atoms with Gasteiger partial charge in [0.25, 0.3) is 10.1 Å². The fourth-order valence-corrected chi connectivity index (χ4v) is 3.58. The standard InChI is InChI=1S/C15H22N2O4S/c1-12-5-7-14(8-6-12)22(19,20)21-11-9-13-4-2-3-10-17(13)15(16)18/h5-8,13H,2-4,9-11H2,1H3,(H2,16,18). The van der Waals surface area contributed by atoms with Crippen molar-refractivity contribution in [1.29, 1.82) is 0 Å². The largest absolute Gasteiger partial charge is 0.351 e. The van der Waals surface area contributed by atoms with E-state index in [1.165, 1.54) is 12.1 Å². The monoisotopic (exact) mass is 326 g/mol. The lowest BCUT2D eigenvalue weighted by molar-refractivity contribution is 0.143. The van der Waals surface area contributed by atoms with E-state index < -0.39 is 16.1 Å². The van der Waals surface area contributed by atoms with Gasteiger partial charge >= 0.3 is 6.03 Å². The SMILES string of the molecule is Cc1ccc(S(=O)(=O)OCCC2CCCCN2C(N)=O)cc1. The van der Waals surface area contributed by atoms with Gasteiger partial charge in [-0.2, -0.15) is 8.42 Å². The van der Waals surface area contributed by atoms with E-state index in [1.54, 1.807) is 17.0 Å². The Balaban J connectivity index is 1.92. The second kappa shape index (κ2) is 7.11. The average molecular weight is 326 g/mol. The van der Waals surface area contributed by atoms with Crippen molar-refractivity contribution in [3.05, 3.63) is 29.8 Å². The Kier molecular flexibility index (Phi) is 5.42. The van der Waals surface area contributed by atoms with Gasteiger partial charge in [-0.1, -0.05) is 17.7 Å². The third-order valence-corrected chi connectivity index (χ3v) is 5.24. The van der Waals surface area contributed by atoms with Crippen molar-refractivity contribution < 1.29 is 17.4 Å². The maximum atomic E-state index is 12.1. The number of nitrogens with zero attached hydrogens (tertiary/aromatic N) is 1. The molecule has 6 nitrogen and oxygen atoms in total. The molecule has 1 heterocycles. The van der Waals surface area contributed by atoms with Crippen molar-refractivity contribution in [3.63, 3.8) is 0 Å². The molecule has 1 atom stereocenters. The molecule has 1 aliphatic heterocycles. The number of rotatable bonds is 5. The first-order valence-corrected chi connectivity index (χ1v) is 8.83. The predicted octanol–water partition coefficient (Wildman–Crippen LogP) is 2.02. The molecule has 1 aliphatic rings. The molecule has 7 heteroatoms. The topological polar surface area (TPSA) is 89.7 Å². The Morgan fingerprint density at radius 2 is 2.00 bits per heavy atom. The van der Waals surface area contributed by atoms with Gasteiger partial charge in [0.05, 0.1) is 11.5 Å². The van der Waals surface area contributed by atoms with Crippen molar-refractivity contribution in [3.8, 4) is 0 Å². The second-order valence-electron chi connectivity index (χ2n) is 5.56. The molecule has 22 heavy (non-hydrogen) atoms. The van der Waals surface area contributed by atoms with Gasteiger partial charge in [0.1, 0.15) is 0 Å². The maximum absolute atomic E-state index is 12.1. The minimum atomic E-state index is -3.75. The molecular weight excluding hydrogens is 304 g/mol. The number of likely N-dealkylation sites (tertiary alicyclic amines) is 1. The number of carbonyl (C=O) groups is 1. The molecule has 2 rings (SSSR count). The summed E-state index contributed by atoms with van der Waals surface area (Å²) in [6.07, 6.45) is 3.24. The van der Waals surface area contributed by atoms with Crippen LogP contribution in [-0.4, -0.2) is 38.5 Å². The second-order valence-corrected chi connectivity index (χ2v) is 7.17. The molecule has 0 bridgehead atoms. The molecule has 1 saturated heterocycles. The number of benzene rings is 1. The molecule has 1 unspecified atom stereocenters. The van der Waals surface area contributed by atoms with Crippen LogP contribution in [0.25, 0.3) is 0 Å². The highest BCUT2D eigenvalue weighted by molar-refractivity contribution is 7.86. The molecule has 1 aromatic carbocycles. The molecule has 0 saturated carbocycles. The summed E-state index contributed by atoms with van der Waals surface area (Å²) in [5.41, 5.74) is 6.33. The van der Waals surface area contributed by atoms with Crippen LogP contribution in [0.2, 0.25) is 0 Å². The number of primary amides is 1. The van der Waals surface area contributed by atoms with E-state index in [0.29, 0.717) is 13.0 Å². The van der Waals surface area contributed by atoms with Crippen LogP contribution >= 0.6 is 0 Å². The highest BCUT2D eigenvalue weighted by atomic mass is 32.2. The Morgan fingerprint density at radius 3 is 2.64 bits per heavy atom. The van der Waals surface area contributed by atoms with Gasteiger partial charge in [-0.3, -0.25) is 4.18 Å². The van der Waals surface area contributed by atoms with E-state index >= 15 is 0 Å². The summed E-state index contributed by atoms with van der Waals surface area (Å²) < 4.78 is 29.2. The first-order valence-electron chi connectivity index (χ1n) is 7.42. The van der Waals surface area contributed by atoms with E-state index in [4.69, 9.17) is 9.92 Å². The number of urea groups is 1. The van der Waals surface area contributed by atoms with Crippen LogP contribution < -0.4 is 5.73 Å². The molecule has 122 valence electrons. The van der Waals surface area contributed by atoms with Crippen LogP contribution in [0, 0.1) is 6.92 Å². The van der Waals surface area contributed by atoms with E-state index in [2.05, 4.69) is 0 Å². The van der Waals surface area contributed by atoms with Crippen LogP contribution in [0.4, 0.5) is 4.79 Å². The smallest absolute Gasteiger partial charge is 0.315 e. The molecule has 0 spiro atoms. The van der Waals surface area contributed by atoms with Gasteiger partial charge in [0, 0.05) is 12.6 Å². The van der Waals surface area contributed by atoms with Crippen molar-refractivity contribution >= 4 is 16.1 Å². The quantitative estimate of drug-likeness (QED) is 0.838. The van der Waals surface area contributed by atoms with E-state index in [-0.39, 0.29) is 17.5 Å². The van der Waals surface area contributed by atoms with Gasteiger partial charge < -0.3 is 10.6 Å². The summed E-state index contributed by atoms with van der Waals surface area (Å²) in [5, 5.41) is 0. The Bertz CT molecular complexity index is 613. The number of piperidine rings is 1. The average Bonchev–Trinajstić information content (AvgIpc) is 2.48. The lowest BCUT2D eigenvalue weighted by atomic mass is 10.0. The van der Waals surface area contributed by atoms with Crippen LogP contribution in [0.1, 0.15) is 31.2 Å². The summed E-state index contributed by atoms with van der Waals surface area (Å²) in [5.74, 6) is 0. The zero-order valence-corrected chi connectivity index (χ0v) is 13.5. The number of hydrogen-bond acceptors (Lipinski definition) is 4. The summed E-state index contributed by atoms with van der Waals surface area (Å²) in [6.45, 7) is 2.56. The maximum Gasteiger partial charge on any atom is 0.315 e. The van der Waals surface area contributed by atoms with E-state index in [1.807, 2.05) is 6.92 Å². The molecule has 2 N–H and O–H groups in total. The Hall–Kier alpha value is -1.60. The van der Waals surface area contributed by atoms with Crippen molar-refractivity contribution in [1.82, 2.24) is 4.90 Å². The minimum absolute atomic E-state index is 0.0422. The van der Waals surface area contributed by atoms with E-state index in [0.717, 1.165) is 24.8 Å². The molecule has 0 radical (unpaired) electrons. The van der Waals surface area contributed by atoms with Crippen LogP contribution in [-0.2, 0) is 14.3 Å². The zero-order chi connectivity index (χ0) is 16.2. The first-order chi connectivity index (χ1) is 10.4. The Labute approximate surface area is 131 Å². The van der Waals surface area contributed by atoms with Gasteiger partial charge in [0.2, 0.25) is 0 Å². The molecule has 2 amide bonds. The van der Waals surface area contributed by atoms with Crippen molar-refractivity contribution in [2.75, 3.05) is 13.2 Å². The summed E-state index contributed by atoms with van der Waals surface area (Å²) in [4.78, 5) is 13.1. The molecule has 1 aromatic rings. The summed E-state index contributed by atoms with van der Waals surface area (Å²) in [6, 6.07) is 6.02. The highest BCUT2D eigenvalue weighted by Gasteiger charge is 2.25. The third-order valence-electron chi connectivity index (χ3n) is 3.91. The fourth-order valence-electron chi connectivity index (χ4n) is 2.66. The number of carbonyl (C=O) groups excluding carboxylic acids is 1. The molecule has 1 fully saturated rings. The highest BCUT2D eigenvalue weighted by Crippen LogP contribution is 2.20. The fraction of sp³-hybridized carbons (Fsp3) is 0.533. The van der Waals surface area contributed by atoms with Crippen LogP contribution in [0.3, 0.4) is 0 Å². The lowest BCUT2D eigenvalue weighted by Gasteiger charge is -2.34. The van der Waals surface area contributed by atoms with Gasteiger partial charge in [0.15, 0.2) is 0 Å². The number of amides is 2. The van der Waals surface area contributed by atoms with Crippen molar-refractivity contribution in [2.24, 2.45) is 5.73 Å². The van der Waals surface area contributed by atoms with Crippen LogP contribution in [0.15, 0.2) is 29.2 Å². The normalized spacial score (nSPS) is 19.1. The minimum Gasteiger partial charge on any atom is -0.351 e. The predicted molar refractivity (Wildman–Crippen MR) is 82.9 cm³/mol.